The summed E-state index contributed by atoms with van der Waals surface area (Å²) < 4.78 is 0. The van der Waals surface area contributed by atoms with E-state index in [4.69, 9.17) is 33.4 Å². The first-order chi connectivity index (χ1) is 6.54. The van der Waals surface area contributed by atoms with Crippen LogP contribution in [0.3, 0.4) is 0 Å². The van der Waals surface area contributed by atoms with Gasteiger partial charge in [0.1, 0.15) is 5.92 Å². The fraction of sp³-hybridized carbons (Fsp3) is 0.222. The Morgan fingerprint density at radius 2 is 1.79 bits per heavy atom. The average Bonchev–Trinajstić information content (AvgIpc) is 2.02. The molecule has 0 fully saturated rings. The van der Waals surface area contributed by atoms with Gasteiger partial charge in [0, 0.05) is 10.0 Å². The van der Waals surface area contributed by atoms with Crippen molar-refractivity contribution in [3.05, 3.63) is 33.8 Å². The Morgan fingerprint density at radius 3 is 2.14 bits per heavy atom. The molecular formula is C9H8Cl2O3. The monoisotopic (exact) mass is 234 g/mol. The molecule has 1 atom stereocenters. The molecule has 0 amide bonds. The number of halogens is 2. The van der Waals surface area contributed by atoms with E-state index in [-0.39, 0.29) is 0 Å². The minimum absolute atomic E-state index is 0.354. The third-order valence-electron chi connectivity index (χ3n) is 1.77. The molecule has 0 aliphatic rings. The van der Waals surface area contributed by atoms with Gasteiger partial charge in [0.15, 0.2) is 0 Å². The van der Waals surface area contributed by atoms with Gasteiger partial charge in [0.2, 0.25) is 0 Å². The van der Waals surface area contributed by atoms with Crippen LogP contribution in [0.4, 0.5) is 0 Å². The first-order valence-corrected chi connectivity index (χ1v) is 4.60. The SMILES string of the molecule is O=C(O)C(CO)c1cc(Cl)cc(Cl)c1. The van der Waals surface area contributed by atoms with Crippen molar-refractivity contribution in [2.24, 2.45) is 0 Å². The van der Waals surface area contributed by atoms with Crippen molar-refractivity contribution in [2.45, 2.75) is 5.92 Å². The van der Waals surface area contributed by atoms with Crippen molar-refractivity contribution in [1.82, 2.24) is 0 Å². The lowest BCUT2D eigenvalue weighted by Crippen LogP contribution is -2.15. The van der Waals surface area contributed by atoms with Crippen LogP contribution in [0.1, 0.15) is 11.5 Å². The van der Waals surface area contributed by atoms with E-state index in [0.29, 0.717) is 15.6 Å². The van der Waals surface area contributed by atoms with E-state index in [1.807, 2.05) is 0 Å². The van der Waals surface area contributed by atoms with Crippen molar-refractivity contribution in [3.8, 4) is 0 Å². The van der Waals surface area contributed by atoms with E-state index in [1.165, 1.54) is 18.2 Å². The van der Waals surface area contributed by atoms with Crippen LogP contribution in [-0.4, -0.2) is 22.8 Å². The van der Waals surface area contributed by atoms with E-state index in [9.17, 15) is 4.79 Å². The largest absolute Gasteiger partial charge is 0.481 e. The summed E-state index contributed by atoms with van der Waals surface area (Å²) in [5, 5.41) is 18.3. The lowest BCUT2D eigenvalue weighted by Gasteiger charge is -2.09. The summed E-state index contributed by atoms with van der Waals surface area (Å²) in [6.07, 6.45) is 0. The van der Waals surface area contributed by atoms with Crippen molar-refractivity contribution in [3.63, 3.8) is 0 Å². The maximum Gasteiger partial charge on any atom is 0.313 e. The molecule has 0 aromatic heterocycles. The summed E-state index contributed by atoms with van der Waals surface area (Å²) in [7, 11) is 0. The third kappa shape index (κ3) is 2.61. The molecule has 0 heterocycles. The van der Waals surface area contributed by atoms with Crippen LogP contribution >= 0.6 is 23.2 Å². The topological polar surface area (TPSA) is 57.5 Å². The predicted molar refractivity (Wildman–Crippen MR) is 53.9 cm³/mol. The molecule has 0 spiro atoms. The average molecular weight is 235 g/mol. The molecule has 0 bridgehead atoms. The Morgan fingerprint density at radius 1 is 1.29 bits per heavy atom. The number of carboxylic acids is 1. The van der Waals surface area contributed by atoms with Crippen LogP contribution in [0.5, 0.6) is 0 Å². The molecule has 1 rings (SSSR count). The number of aliphatic carboxylic acids is 1. The van der Waals surface area contributed by atoms with Crippen LogP contribution in [0, 0.1) is 0 Å². The second-order valence-corrected chi connectivity index (χ2v) is 3.65. The molecule has 0 radical (unpaired) electrons. The second kappa shape index (κ2) is 4.64. The predicted octanol–water partition coefficient (Wildman–Crippen LogP) is 2.15. The van der Waals surface area contributed by atoms with Gasteiger partial charge in [0.05, 0.1) is 6.61 Å². The minimum Gasteiger partial charge on any atom is -0.481 e. The van der Waals surface area contributed by atoms with E-state index < -0.39 is 18.5 Å². The normalized spacial score (nSPS) is 12.5. The molecule has 0 saturated heterocycles. The van der Waals surface area contributed by atoms with Gasteiger partial charge in [-0.25, -0.2) is 0 Å². The molecule has 1 aromatic carbocycles. The molecule has 3 nitrogen and oxygen atoms in total. The Kier molecular flexibility index (Phi) is 3.75. The van der Waals surface area contributed by atoms with Crippen LogP contribution < -0.4 is 0 Å². The van der Waals surface area contributed by atoms with E-state index in [2.05, 4.69) is 0 Å². The molecular weight excluding hydrogens is 227 g/mol. The highest BCUT2D eigenvalue weighted by Crippen LogP contribution is 2.24. The zero-order valence-electron chi connectivity index (χ0n) is 7.08. The van der Waals surface area contributed by atoms with Crippen molar-refractivity contribution < 1.29 is 15.0 Å². The summed E-state index contributed by atoms with van der Waals surface area (Å²) in [6.45, 7) is -0.480. The Balaban J connectivity index is 3.10. The molecule has 5 heteroatoms. The molecule has 1 unspecified atom stereocenters. The molecule has 0 aliphatic carbocycles. The molecule has 2 N–H and O–H groups in total. The number of carbonyl (C=O) groups is 1. The fourth-order valence-electron chi connectivity index (χ4n) is 1.10. The highest BCUT2D eigenvalue weighted by atomic mass is 35.5. The number of hydrogen-bond donors (Lipinski definition) is 2. The van der Waals surface area contributed by atoms with E-state index in [1.54, 1.807) is 0 Å². The van der Waals surface area contributed by atoms with Crippen LogP contribution in [0.2, 0.25) is 10.0 Å². The van der Waals surface area contributed by atoms with Crippen molar-refractivity contribution in [2.75, 3.05) is 6.61 Å². The Bertz CT molecular complexity index is 332. The number of rotatable bonds is 3. The van der Waals surface area contributed by atoms with Crippen LogP contribution in [0.15, 0.2) is 18.2 Å². The van der Waals surface area contributed by atoms with Crippen LogP contribution in [-0.2, 0) is 4.79 Å². The first kappa shape index (κ1) is 11.3. The van der Waals surface area contributed by atoms with Crippen molar-refractivity contribution >= 4 is 29.2 Å². The highest BCUT2D eigenvalue weighted by molar-refractivity contribution is 6.34. The number of hydrogen-bond acceptors (Lipinski definition) is 2. The lowest BCUT2D eigenvalue weighted by molar-refractivity contribution is -0.139. The molecule has 0 saturated carbocycles. The summed E-state index contributed by atoms with van der Waals surface area (Å²) in [6, 6.07) is 4.45. The Labute approximate surface area is 90.9 Å². The zero-order valence-corrected chi connectivity index (χ0v) is 8.59. The standard InChI is InChI=1S/C9H8Cl2O3/c10-6-1-5(2-7(11)3-6)8(4-12)9(13)14/h1-3,8,12H,4H2,(H,13,14). The highest BCUT2D eigenvalue weighted by Gasteiger charge is 2.19. The van der Waals surface area contributed by atoms with Gasteiger partial charge in [-0.1, -0.05) is 23.2 Å². The molecule has 1 aromatic rings. The molecule has 14 heavy (non-hydrogen) atoms. The minimum atomic E-state index is -1.11. The quantitative estimate of drug-likeness (QED) is 0.843. The third-order valence-corrected chi connectivity index (χ3v) is 2.20. The maximum atomic E-state index is 10.7. The molecule has 76 valence electrons. The first-order valence-electron chi connectivity index (χ1n) is 3.84. The number of aliphatic hydroxyl groups is 1. The summed E-state index contributed by atoms with van der Waals surface area (Å²) >= 11 is 11.4. The summed E-state index contributed by atoms with van der Waals surface area (Å²) in [5.74, 6) is -2.09. The number of benzene rings is 1. The smallest absolute Gasteiger partial charge is 0.313 e. The van der Waals surface area contributed by atoms with Gasteiger partial charge in [-0.2, -0.15) is 0 Å². The lowest BCUT2D eigenvalue weighted by atomic mass is 10.0. The van der Waals surface area contributed by atoms with Gasteiger partial charge >= 0.3 is 5.97 Å². The van der Waals surface area contributed by atoms with Crippen LogP contribution in [0.25, 0.3) is 0 Å². The summed E-state index contributed by atoms with van der Waals surface area (Å²) in [4.78, 5) is 10.7. The van der Waals surface area contributed by atoms with Gasteiger partial charge in [-0.15, -0.1) is 0 Å². The molecule has 0 aliphatic heterocycles. The van der Waals surface area contributed by atoms with Gasteiger partial charge < -0.3 is 10.2 Å². The fourth-order valence-corrected chi connectivity index (χ4v) is 1.65. The Hall–Kier alpha value is -0.770. The number of aliphatic hydroxyl groups excluding tert-OH is 1. The van der Waals surface area contributed by atoms with Gasteiger partial charge in [0.25, 0.3) is 0 Å². The van der Waals surface area contributed by atoms with E-state index in [0.717, 1.165) is 0 Å². The summed E-state index contributed by atoms with van der Waals surface area (Å²) in [5.41, 5.74) is 0.400. The zero-order chi connectivity index (χ0) is 10.7. The maximum absolute atomic E-state index is 10.7. The number of carboxylic acid groups (broad SMARTS) is 1. The second-order valence-electron chi connectivity index (χ2n) is 2.78. The van der Waals surface area contributed by atoms with Gasteiger partial charge in [-0.05, 0) is 23.8 Å². The van der Waals surface area contributed by atoms with Gasteiger partial charge in [-0.3, -0.25) is 4.79 Å². The van der Waals surface area contributed by atoms with E-state index >= 15 is 0 Å². The van der Waals surface area contributed by atoms with Crippen molar-refractivity contribution in [1.29, 1.82) is 0 Å².